The second-order valence-electron chi connectivity index (χ2n) is 5.38. The number of carbonyl (C=O) groups excluding carboxylic acids is 1. The van der Waals surface area contributed by atoms with E-state index in [-0.39, 0.29) is 24.3 Å². The van der Waals surface area contributed by atoms with Crippen LogP contribution in [0.4, 0.5) is 0 Å². The smallest absolute Gasteiger partial charge is 0.303 e. The minimum absolute atomic E-state index is 0.0277. The van der Waals surface area contributed by atoms with E-state index in [1.807, 2.05) is 13.8 Å². The normalized spacial score (nSPS) is 22.0. The van der Waals surface area contributed by atoms with Gasteiger partial charge in [-0.25, -0.2) is 0 Å². The van der Waals surface area contributed by atoms with Crippen molar-refractivity contribution in [1.29, 1.82) is 0 Å². The van der Waals surface area contributed by atoms with E-state index >= 15 is 0 Å². The molecule has 18 heavy (non-hydrogen) atoms. The lowest BCUT2D eigenvalue weighted by Crippen LogP contribution is -2.52. The highest BCUT2D eigenvalue weighted by Gasteiger charge is 2.31. The number of carbonyl (C=O) groups is 2. The van der Waals surface area contributed by atoms with Gasteiger partial charge in [0.2, 0.25) is 5.91 Å². The lowest BCUT2D eigenvalue weighted by molar-refractivity contribution is -0.141. The first-order chi connectivity index (χ1) is 8.43. The molecule has 0 aliphatic carbocycles. The minimum atomic E-state index is -0.805. The van der Waals surface area contributed by atoms with E-state index in [9.17, 15) is 9.59 Å². The number of carboxylic acid groups (broad SMARTS) is 1. The Kier molecular flexibility index (Phi) is 5.59. The maximum Gasteiger partial charge on any atom is 0.303 e. The Morgan fingerprint density at radius 3 is 2.61 bits per heavy atom. The van der Waals surface area contributed by atoms with Gasteiger partial charge in [0.05, 0.1) is 6.04 Å². The van der Waals surface area contributed by atoms with Gasteiger partial charge in [0.15, 0.2) is 0 Å². The molecule has 1 aliphatic heterocycles. The van der Waals surface area contributed by atoms with Crippen molar-refractivity contribution in [3.8, 4) is 0 Å². The van der Waals surface area contributed by atoms with Crippen LogP contribution in [0, 0.1) is 5.92 Å². The van der Waals surface area contributed by atoms with E-state index in [2.05, 4.69) is 0 Å². The quantitative estimate of drug-likeness (QED) is 0.774. The molecule has 1 saturated heterocycles. The molecule has 104 valence electrons. The number of hydrogen-bond donors (Lipinski definition) is 2. The highest BCUT2D eigenvalue weighted by molar-refractivity contribution is 5.82. The Bertz CT molecular complexity index is 305. The van der Waals surface area contributed by atoms with Crippen LogP contribution in [-0.2, 0) is 9.59 Å². The summed E-state index contributed by atoms with van der Waals surface area (Å²) in [7, 11) is 0. The highest BCUT2D eigenvalue weighted by atomic mass is 16.4. The van der Waals surface area contributed by atoms with Crippen molar-refractivity contribution >= 4 is 11.9 Å². The Morgan fingerprint density at radius 1 is 1.39 bits per heavy atom. The van der Waals surface area contributed by atoms with Gasteiger partial charge in [0.25, 0.3) is 0 Å². The molecule has 0 bridgehead atoms. The number of carboxylic acids is 1. The second kappa shape index (κ2) is 6.73. The molecule has 5 nitrogen and oxygen atoms in total. The molecule has 2 atom stereocenters. The van der Waals surface area contributed by atoms with Gasteiger partial charge in [-0.3, -0.25) is 9.59 Å². The highest BCUT2D eigenvalue weighted by Crippen LogP contribution is 2.22. The third-order valence-electron chi connectivity index (χ3n) is 3.61. The zero-order valence-corrected chi connectivity index (χ0v) is 11.3. The van der Waals surface area contributed by atoms with Gasteiger partial charge in [0.1, 0.15) is 0 Å². The number of piperidine rings is 1. The van der Waals surface area contributed by atoms with E-state index in [4.69, 9.17) is 10.8 Å². The van der Waals surface area contributed by atoms with Crippen molar-refractivity contribution in [2.45, 2.75) is 58.0 Å². The summed E-state index contributed by atoms with van der Waals surface area (Å²) in [4.78, 5) is 24.7. The van der Waals surface area contributed by atoms with Crippen LogP contribution >= 0.6 is 0 Å². The molecule has 0 saturated carbocycles. The maximum atomic E-state index is 12.2. The molecule has 1 amide bonds. The van der Waals surface area contributed by atoms with E-state index < -0.39 is 12.0 Å². The summed E-state index contributed by atoms with van der Waals surface area (Å²) < 4.78 is 0. The van der Waals surface area contributed by atoms with Crippen LogP contribution in [0.15, 0.2) is 0 Å². The zero-order valence-electron chi connectivity index (χ0n) is 11.3. The summed E-state index contributed by atoms with van der Waals surface area (Å²) >= 11 is 0. The fourth-order valence-corrected chi connectivity index (χ4v) is 2.36. The molecular formula is C13H24N2O3. The van der Waals surface area contributed by atoms with E-state index in [0.29, 0.717) is 13.0 Å². The summed E-state index contributed by atoms with van der Waals surface area (Å²) in [6.45, 7) is 4.57. The molecular weight excluding hydrogens is 232 g/mol. The number of likely N-dealkylation sites (tertiary alicyclic amines) is 1. The molecule has 1 heterocycles. The molecule has 1 unspecified atom stereocenters. The molecule has 1 fully saturated rings. The summed E-state index contributed by atoms with van der Waals surface area (Å²) in [5.74, 6) is -0.722. The lowest BCUT2D eigenvalue weighted by Gasteiger charge is -2.37. The predicted molar refractivity (Wildman–Crippen MR) is 69.0 cm³/mol. The third kappa shape index (κ3) is 3.98. The molecule has 5 heteroatoms. The first kappa shape index (κ1) is 15.0. The molecule has 1 aliphatic rings. The van der Waals surface area contributed by atoms with Crippen LogP contribution in [0.1, 0.15) is 46.0 Å². The molecule has 0 aromatic rings. The lowest BCUT2D eigenvalue weighted by atomic mass is 9.95. The van der Waals surface area contributed by atoms with Crippen molar-refractivity contribution in [1.82, 2.24) is 4.90 Å². The van der Waals surface area contributed by atoms with Gasteiger partial charge in [-0.2, -0.15) is 0 Å². The van der Waals surface area contributed by atoms with E-state index in [0.717, 1.165) is 19.3 Å². The van der Waals surface area contributed by atoms with Crippen molar-refractivity contribution in [2.24, 2.45) is 11.7 Å². The van der Waals surface area contributed by atoms with Crippen LogP contribution in [0.3, 0.4) is 0 Å². The number of rotatable bonds is 5. The Balaban J connectivity index is 2.63. The standard InChI is InChI=1S/C13H24N2O3/c1-9(2)12(14)13(18)15-8-4-3-5-10(15)6-7-11(16)17/h9-10,12H,3-8,14H2,1-2H3,(H,16,17)/t10?,12-/m0/s1. The second-order valence-corrected chi connectivity index (χ2v) is 5.38. The summed E-state index contributed by atoms with van der Waals surface area (Å²) in [6.07, 6.45) is 3.59. The molecule has 0 radical (unpaired) electrons. The van der Waals surface area contributed by atoms with Gasteiger partial charge < -0.3 is 15.7 Å². The van der Waals surface area contributed by atoms with Crippen LogP contribution < -0.4 is 5.73 Å². The Labute approximate surface area is 108 Å². The molecule has 0 aromatic carbocycles. The average Bonchev–Trinajstić information content (AvgIpc) is 2.34. The number of aliphatic carboxylic acids is 1. The summed E-state index contributed by atoms with van der Waals surface area (Å²) in [5, 5.41) is 8.74. The summed E-state index contributed by atoms with van der Waals surface area (Å²) in [5.41, 5.74) is 5.90. The summed E-state index contributed by atoms with van der Waals surface area (Å²) in [6, 6.07) is -0.428. The van der Waals surface area contributed by atoms with Gasteiger partial charge >= 0.3 is 5.97 Å². The molecule has 1 rings (SSSR count). The molecule has 3 N–H and O–H groups in total. The average molecular weight is 256 g/mol. The van der Waals surface area contributed by atoms with Gasteiger partial charge in [-0.15, -0.1) is 0 Å². The largest absolute Gasteiger partial charge is 0.481 e. The fraction of sp³-hybridized carbons (Fsp3) is 0.846. The molecule has 0 spiro atoms. The predicted octanol–water partition coefficient (Wildman–Crippen LogP) is 1.22. The Morgan fingerprint density at radius 2 is 2.06 bits per heavy atom. The van der Waals surface area contributed by atoms with E-state index in [1.54, 1.807) is 4.90 Å². The van der Waals surface area contributed by atoms with Crippen LogP contribution in [-0.4, -0.2) is 40.5 Å². The number of hydrogen-bond acceptors (Lipinski definition) is 3. The number of nitrogens with two attached hydrogens (primary N) is 1. The van der Waals surface area contributed by atoms with E-state index in [1.165, 1.54) is 0 Å². The monoisotopic (exact) mass is 256 g/mol. The van der Waals surface area contributed by atoms with Crippen LogP contribution in [0.2, 0.25) is 0 Å². The van der Waals surface area contributed by atoms with Gasteiger partial charge in [-0.1, -0.05) is 13.8 Å². The fourth-order valence-electron chi connectivity index (χ4n) is 2.36. The number of nitrogens with zero attached hydrogens (tertiary/aromatic N) is 1. The third-order valence-corrected chi connectivity index (χ3v) is 3.61. The Hall–Kier alpha value is -1.10. The number of amides is 1. The first-order valence-corrected chi connectivity index (χ1v) is 6.71. The van der Waals surface area contributed by atoms with Gasteiger partial charge in [-0.05, 0) is 31.6 Å². The maximum absolute atomic E-state index is 12.2. The van der Waals surface area contributed by atoms with Crippen molar-refractivity contribution in [2.75, 3.05) is 6.54 Å². The van der Waals surface area contributed by atoms with Crippen molar-refractivity contribution < 1.29 is 14.7 Å². The first-order valence-electron chi connectivity index (χ1n) is 6.71. The van der Waals surface area contributed by atoms with Crippen molar-refractivity contribution in [3.05, 3.63) is 0 Å². The van der Waals surface area contributed by atoms with Crippen LogP contribution in [0.5, 0.6) is 0 Å². The minimum Gasteiger partial charge on any atom is -0.481 e. The van der Waals surface area contributed by atoms with Crippen molar-refractivity contribution in [3.63, 3.8) is 0 Å². The van der Waals surface area contributed by atoms with Gasteiger partial charge in [0, 0.05) is 19.0 Å². The SMILES string of the molecule is CC(C)[C@H](N)C(=O)N1CCCCC1CCC(=O)O. The molecule has 0 aromatic heterocycles. The van der Waals surface area contributed by atoms with Crippen LogP contribution in [0.25, 0.3) is 0 Å². The topological polar surface area (TPSA) is 83.6 Å². The zero-order chi connectivity index (χ0) is 13.7.